The second-order valence-electron chi connectivity index (χ2n) is 7.16. The molecule has 0 saturated carbocycles. The van der Waals surface area contributed by atoms with E-state index >= 15 is 0 Å². The number of ether oxygens (including phenoxy) is 2. The fourth-order valence-corrected chi connectivity index (χ4v) is 3.74. The van der Waals surface area contributed by atoms with E-state index in [4.69, 9.17) is 9.47 Å². The molecule has 4 rings (SSSR count). The average molecular weight is 405 g/mol. The van der Waals surface area contributed by atoms with E-state index in [2.05, 4.69) is 4.98 Å². The van der Waals surface area contributed by atoms with E-state index in [1.165, 1.54) is 7.11 Å². The number of carbonyl (C=O) groups excluding carboxylic acids is 2. The van der Waals surface area contributed by atoms with Crippen LogP contribution in [0.5, 0.6) is 5.75 Å². The molecule has 0 N–H and O–H groups in total. The lowest BCUT2D eigenvalue weighted by Crippen LogP contribution is -2.49. The van der Waals surface area contributed by atoms with Crippen LogP contribution in [0.2, 0.25) is 0 Å². The minimum Gasteiger partial charge on any atom is -0.497 e. The second kappa shape index (κ2) is 8.41. The molecule has 1 aliphatic heterocycles. The van der Waals surface area contributed by atoms with Crippen molar-refractivity contribution in [3.05, 3.63) is 83.4 Å². The van der Waals surface area contributed by atoms with E-state index < -0.39 is 12.0 Å². The number of esters is 1. The molecule has 0 bridgehead atoms. The normalized spacial score (nSPS) is 15.4. The van der Waals surface area contributed by atoms with Gasteiger partial charge in [0.2, 0.25) is 0 Å². The van der Waals surface area contributed by atoms with Crippen LogP contribution in [0.1, 0.15) is 27.3 Å². The zero-order valence-corrected chi connectivity index (χ0v) is 16.9. The van der Waals surface area contributed by atoms with Crippen molar-refractivity contribution in [2.24, 2.45) is 0 Å². The molecule has 30 heavy (non-hydrogen) atoms. The number of hydrogen-bond donors (Lipinski definition) is 0. The molecule has 0 spiro atoms. The third kappa shape index (κ3) is 3.78. The molecule has 1 aliphatic rings. The van der Waals surface area contributed by atoms with Crippen LogP contribution in [0.3, 0.4) is 0 Å². The van der Waals surface area contributed by atoms with Gasteiger partial charge in [-0.2, -0.15) is 0 Å². The third-order valence-corrected chi connectivity index (χ3v) is 5.38. The third-order valence-electron chi connectivity index (χ3n) is 5.38. The van der Waals surface area contributed by atoms with Gasteiger partial charge < -0.3 is 18.9 Å². The lowest BCUT2D eigenvalue weighted by Gasteiger charge is -2.34. The Kier molecular flexibility index (Phi) is 5.52. The van der Waals surface area contributed by atoms with Crippen LogP contribution >= 0.6 is 0 Å². The summed E-state index contributed by atoms with van der Waals surface area (Å²) >= 11 is 0. The highest BCUT2D eigenvalue weighted by molar-refractivity contribution is 5.97. The van der Waals surface area contributed by atoms with Gasteiger partial charge in [-0.3, -0.25) is 4.79 Å². The molecule has 0 saturated heterocycles. The number of hydrogen-bond acceptors (Lipinski definition) is 5. The van der Waals surface area contributed by atoms with Crippen LogP contribution in [-0.2, 0) is 29.0 Å². The highest BCUT2D eigenvalue weighted by Crippen LogP contribution is 2.26. The molecule has 1 aromatic heterocycles. The zero-order valence-electron chi connectivity index (χ0n) is 16.9. The largest absolute Gasteiger partial charge is 0.497 e. The molecule has 1 atom stereocenters. The molecular weight excluding hydrogens is 382 g/mol. The van der Waals surface area contributed by atoms with Crippen molar-refractivity contribution in [1.82, 2.24) is 14.5 Å². The molecule has 0 radical (unpaired) electrons. The quantitative estimate of drug-likeness (QED) is 0.610. The van der Waals surface area contributed by atoms with E-state index in [0.29, 0.717) is 24.3 Å². The molecule has 7 heteroatoms. The van der Waals surface area contributed by atoms with Crippen molar-refractivity contribution in [2.75, 3.05) is 14.2 Å². The fraction of sp³-hybridized carbons (Fsp3) is 0.261. The monoisotopic (exact) mass is 405 g/mol. The highest BCUT2D eigenvalue weighted by atomic mass is 16.5. The zero-order chi connectivity index (χ0) is 21.1. The number of amides is 1. The second-order valence-corrected chi connectivity index (χ2v) is 7.16. The van der Waals surface area contributed by atoms with Gasteiger partial charge in [-0.05, 0) is 29.8 Å². The first-order chi connectivity index (χ1) is 14.6. The van der Waals surface area contributed by atoms with Gasteiger partial charge in [0.15, 0.2) is 0 Å². The van der Waals surface area contributed by atoms with Crippen LogP contribution in [0, 0.1) is 0 Å². The van der Waals surface area contributed by atoms with Gasteiger partial charge in [0.25, 0.3) is 5.91 Å². The maximum Gasteiger partial charge on any atom is 0.329 e. The smallest absolute Gasteiger partial charge is 0.329 e. The summed E-state index contributed by atoms with van der Waals surface area (Å²) in [6.45, 7) is 0.934. The van der Waals surface area contributed by atoms with E-state index in [1.807, 2.05) is 34.9 Å². The maximum absolute atomic E-state index is 13.3. The Morgan fingerprint density at radius 2 is 1.80 bits per heavy atom. The topological polar surface area (TPSA) is 73.7 Å². The molecule has 0 unspecified atom stereocenters. The Morgan fingerprint density at radius 1 is 1.07 bits per heavy atom. The standard InChI is InChI=1S/C23H23N3O4/c1-29-18-10-8-17(9-11-18)22(27)26-14-21-19(12-20(26)23(28)30-2)24-15-25(21)13-16-6-4-3-5-7-16/h3-11,15,20H,12-14H2,1-2H3/t20-/m0/s1. The molecule has 2 heterocycles. The Balaban J connectivity index is 1.65. The lowest BCUT2D eigenvalue weighted by atomic mass is 10.0. The molecule has 7 nitrogen and oxygen atoms in total. The summed E-state index contributed by atoms with van der Waals surface area (Å²) in [4.78, 5) is 31.8. The van der Waals surface area contributed by atoms with Crippen LogP contribution in [0.4, 0.5) is 0 Å². The SMILES string of the molecule is COC(=O)[C@@H]1Cc2ncn(Cc3ccccc3)c2CN1C(=O)c1ccc(OC)cc1. The molecule has 0 aliphatic carbocycles. The van der Waals surface area contributed by atoms with E-state index in [0.717, 1.165) is 17.0 Å². The number of aromatic nitrogens is 2. The minimum atomic E-state index is -0.711. The number of fused-ring (bicyclic) bond motifs is 1. The summed E-state index contributed by atoms with van der Waals surface area (Å²) in [5.41, 5.74) is 3.38. The first kappa shape index (κ1) is 19.7. The Labute approximate surface area is 174 Å². The molecular formula is C23H23N3O4. The summed E-state index contributed by atoms with van der Waals surface area (Å²) in [7, 11) is 2.91. The van der Waals surface area contributed by atoms with Crippen LogP contribution in [0.15, 0.2) is 60.9 Å². The number of imidazole rings is 1. The molecule has 3 aromatic rings. The van der Waals surface area contributed by atoms with Crippen molar-refractivity contribution in [2.45, 2.75) is 25.6 Å². The first-order valence-corrected chi connectivity index (χ1v) is 9.70. The summed E-state index contributed by atoms with van der Waals surface area (Å²) in [6, 6.07) is 16.2. The fourth-order valence-electron chi connectivity index (χ4n) is 3.74. The van der Waals surface area contributed by atoms with Crippen molar-refractivity contribution < 1.29 is 19.1 Å². The van der Waals surface area contributed by atoms with Gasteiger partial charge in [-0.15, -0.1) is 0 Å². The summed E-state index contributed by atoms with van der Waals surface area (Å²) in [5, 5.41) is 0. The van der Waals surface area contributed by atoms with Gasteiger partial charge in [-0.25, -0.2) is 9.78 Å². The summed E-state index contributed by atoms with van der Waals surface area (Å²) in [5.74, 6) is -0.00998. The Morgan fingerprint density at radius 3 is 2.47 bits per heavy atom. The predicted octanol–water partition coefficient (Wildman–Crippen LogP) is 2.68. The van der Waals surface area contributed by atoms with E-state index in [1.54, 1.807) is 42.6 Å². The maximum atomic E-state index is 13.3. The number of carbonyl (C=O) groups is 2. The predicted molar refractivity (Wildman–Crippen MR) is 110 cm³/mol. The van der Waals surface area contributed by atoms with Crippen LogP contribution in [-0.4, -0.2) is 46.6 Å². The minimum absolute atomic E-state index is 0.230. The molecule has 0 fully saturated rings. The van der Waals surface area contributed by atoms with Crippen molar-refractivity contribution in [3.8, 4) is 5.75 Å². The van der Waals surface area contributed by atoms with Gasteiger partial charge in [-0.1, -0.05) is 30.3 Å². The van der Waals surface area contributed by atoms with Crippen LogP contribution < -0.4 is 4.74 Å². The Bertz CT molecular complexity index is 1040. The van der Waals surface area contributed by atoms with E-state index in [-0.39, 0.29) is 12.5 Å². The number of methoxy groups -OCH3 is 2. The van der Waals surface area contributed by atoms with Gasteiger partial charge in [0.05, 0.1) is 38.5 Å². The van der Waals surface area contributed by atoms with Crippen LogP contribution in [0.25, 0.3) is 0 Å². The number of rotatable bonds is 5. The Hall–Kier alpha value is -3.61. The average Bonchev–Trinajstić information content (AvgIpc) is 3.19. The first-order valence-electron chi connectivity index (χ1n) is 9.70. The lowest BCUT2D eigenvalue weighted by molar-refractivity contribution is -0.146. The molecule has 1 amide bonds. The summed E-state index contributed by atoms with van der Waals surface area (Å²) in [6.07, 6.45) is 2.10. The van der Waals surface area contributed by atoms with Crippen molar-refractivity contribution in [3.63, 3.8) is 0 Å². The number of nitrogens with zero attached hydrogens (tertiary/aromatic N) is 3. The van der Waals surface area contributed by atoms with Crippen molar-refractivity contribution in [1.29, 1.82) is 0 Å². The van der Waals surface area contributed by atoms with Gasteiger partial charge >= 0.3 is 5.97 Å². The van der Waals surface area contributed by atoms with E-state index in [9.17, 15) is 9.59 Å². The van der Waals surface area contributed by atoms with Crippen molar-refractivity contribution >= 4 is 11.9 Å². The molecule has 154 valence electrons. The van der Waals surface area contributed by atoms with Gasteiger partial charge in [0.1, 0.15) is 11.8 Å². The molecule has 2 aromatic carbocycles. The van der Waals surface area contributed by atoms with Gasteiger partial charge in [0, 0.05) is 18.5 Å². The highest BCUT2D eigenvalue weighted by Gasteiger charge is 2.38. The number of benzene rings is 2. The summed E-state index contributed by atoms with van der Waals surface area (Å²) < 4.78 is 12.2.